The first kappa shape index (κ1) is 18.2. The monoisotopic (exact) mass is 342 g/mol. The number of hydrogen-bond acceptors (Lipinski definition) is 9. The summed E-state index contributed by atoms with van der Waals surface area (Å²) in [6.45, 7) is 2.64. The van der Waals surface area contributed by atoms with Gasteiger partial charge in [-0.3, -0.25) is 0 Å². The molecule has 0 spiro atoms. The summed E-state index contributed by atoms with van der Waals surface area (Å²) in [5.41, 5.74) is 0. The Morgan fingerprint density at radius 3 is 2.54 bits per heavy atom. The normalized spacial score (nSPS) is 29.8. The minimum Gasteiger partial charge on any atom is -0.504 e. The number of carbonyl (C=O) groups is 1. The van der Waals surface area contributed by atoms with Gasteiger partial charge in [0.15, 0.2) is 11.5 Å². The van der Waals surface area contributed by atoms with Crippen LogP contribution in [0.5, 0.6) is 17.2 Å². The molecular formula is C15H18O9. The second-order valence-corrected chi connectivity index (χ2v) is 5.07. The summed E-state index contributed by atoms with van der Waals surface area (Å²) >= 11 is 0. The highest BCUT2D eigenvalue weighted by Crippen LogP contribution is 2.33. The van der Waals surface area contributed by atoms with E-state index in [2.05, 4.69) is 6.58 Å². The second kappa shape index (κ2) is 7.60. The van der Waals surface area contributed by atoms with Crippen molar-refractivity contribution >= 4 is 5.97 Å². The number of carbonyl (C=O) groups excluding carboxylic acids is 1. The molecule has 5 N–H and O–H groups in total. The lowest BCUT2D eigenvalue weighted by molar-refractivity contribution is -0.277. The number of esters is 1. The van der Waals surface area contributed by atoms with Crippen LogP contribution in [0.4, 0.5) is 0 Å². The molecule has 1 fully saturated rings. The topological polar surface area (TPSA) is 146 Å². The van der Waals surface area contributed by atoms with Gasteiger partial charge in [0.1, 0.15) is 30.2 Å². The fourth-order valence-electron chi connectivity index (χ4n) is 2.11. The Bertz CT molecular complexity index is 601. The van der Waals surface area contributed by atoms with E-state index in [0.717, 1.165) is 12.1 Å². The minimum atomic E-state index is -1.61. The molecule has 1 aliphatic heterocycles. The lowest BCUT2D eigenvalue weighted by atomic mass is 9.99. The van der Waals surface area contributed by atoms with Crippen molar-refractivity contribution in [3.63, 3.8) is 0 Å². The van der Waals surface area contributed by atoms with Crippen LogP contribution in [-0.4, -0.2) is 68.8 Å². The molecule has 9 nitrogen and oxygen atoms in total. The first-order valence-electron chi connectivity index (χ1n) is 7.01. The van der Waals surface area contributed by atoms with Crippen molar-refractivity contribution in [1.29, 1.82) is 0 Å². The molecule has 24 heavy (non-hydrogen) atoms. The number of aromatic hydroxyl groups is 1. The van der Waals surface area contributed by atoms with Gasteiger partial charge in [-0.1, -0.05) is 6.58 Å². The largest absolute Gasteiger partial charge is 0.504 e. The average molecular weight is 342 g/mol. The third kappa shape index (κ3) is 3.83. The molecule has 5 atom stereocenters. The number of benzene rings is 1. The first-order chi connectivity index (χ1) is 11.4. The summed E-state index contributed by atoms with van der Waals surface area (Å²) in [5, 5.41) is 48.2. The fraction of sp³-hybridized carbons (Fsp3) is 0.400. The summed E-state index contributed by atoms with van der Waals surface area (Å²) in [6.07, 6.45) is -6.35. The third-order valence-electron chi connectivity index (χ3n) is 3.41. The Kier molecular flexibility index (Phi) is 5.75. The Balaban J connectivity index is 2.12. The van der Waals surface area contributed by atoms with Crippen LogP contribution < -0.4 is 9.47 Å². The maximum atomic E-state index is 11.1. The SMILES string of the molecule is C=CC(=O)Oc1ccc(O[C@@H]2O[C@H](CO)[C@@H](O)[C@H](O)[C@H]2O)c(O)c1. The fourth-order valence-corrected chi connectivity index (χ4v) is 2.11. The highest BCUT2D eigenvalue weighted by Gasteiger charge is 2.44. The Hall–Kier alpha value is -2.17. The van der Waals surface area contributed by atoms with E-state index in [9.17, 15) is 25.2 Å². The standard InChI is InChI=1S/C15H18O9/c1-2-11(18)22-7-3-4-9(8(17)5-7)23-15-14(21)13(20)12(19)10(6-16)24-15/h2-5,10,12-17,19-21H,1,6H2/t10-,12-,13+,14-,15-/m1/s1. The second-order valence-electron chi connectivity index (χ2n) is 5.07. The average Bonchev–Trinajstić information content (AvgIpc) is 2.57. The van der Waals surface area contributed by atoms with Crippen LogP contribution in [0.25, 0.3) is 0 Å². The van der Waals surface area contributed by atoms with Gasteiger partial charge in [-0.05, 0) is 12.1 Å². The van der Waals surface area contributed by atoms with Gasteiger partial charge in [0.2, 0.25) is 6.29 Å². The molecule has 1 aliphatic rings. The van der Waals surface area contributed by atoms with Crippen LogP contribution >= 0.6 is 0 Å². The maximum absolute atomic E-state index is 11.1. The van der Waals surface area contributed by atoms with Crippen LogP contribution in [-0.2, 0) is 9.53 Å². The van der Waals surface area contributed by atoms with E-state index in [4.69, 9.17) is 19.3 Å². The third-order valence-corrected chi connectivity index (χ3v) is 3.41. The van der Waals surface area contributed by atoms with E-state index < -0.39 is 49.0 Å². The molecule has 2 rings (SSSR count). The van der Waals surface area contributed by atoms with Gasteiger partial charge in [0, 0.05) is 12.1 Å². The van der Waals surface area contributed by atoms with E-state index in [1.165, 1.54) is 12.1 Å². The predicted molar refractivity (Wildman–Crippen MR) is 78.3 cm³/mol. The Labute approximate surface area is 136 Å². The molecule has 0 bridgehead atoms. The van der Waals surface area contributed by atoms with Gasteiger partial charge in [-0.15, -0.1) is 0 Å². The molecule has 0 unspecified atom stereocenters. The predicted octanol–water partition coefficient (Wildman–Crippen LogP) is -1.34. The summed E-state index contributed by atoms with van der Waals surface area (Å²) in [5.74, 6) is -1.21. The lowest BCUT2D eigenvalue weighted by Gasteiger charge is -2.39. The molecule has 1 heterocycles. The van der Waals surface area contributed by atoms with E-state index in [1.54, 1.807) is 0 Å². The lowest BCUT2D eigenvalue weighted by Crippen LogP contribution is -2.60. The summed E-state index contributed by atoms with van der Waals surface area (Å²) in [6, 6.07) is 3.67. The molecule has 0 aromatic heterocycles. The zero-order chi connectivity index (χ0) is 17.9. The highest BCUT2D eigenvalue weighted by atomic mass is 16.7. The van der Waals surface area contributed by atoms with Crippen molar-refractivity contribution in [1.82, 2.24) is 0 Å². The molecule has 9 heteroatoms. The molecule has 0 aliphatic carbocycles. The quantitative estimate of drug-likeness (QED) is 0.249. The maximum Gasteiger partial charge on any atom is 0.335 e. The molecule has 0 saturated carbocycles. The van der Waals surface area contributed by atoms with Gasteiger partial charge in [-0.25, -0.2) is 4.79 Å². The molecule has 132 valence electrons. The van der Waals surface area contributed by atoms with Gasteiger partial charge >= 0.3 is 5.97 Å². The Morgan fingerprint density at radius 2 is 1.96 bits per heavy atom. The molecule has 0 amide bonds. The zero-order valence-corrected chi connectivity index (χ0v) is 12.5. The number of hydrogen-bond donors (Lipinski definition) is 5. The van der Waals surface area contributed by atoms with Crippen molar-refractivity contribution in [2.75, 3.05) is 6.61 Å². The van der Waals surface area contributed by atoms with Crippen LogP contribution in [0.15, 0.2) is 30.9 Å². The number of rotatable bonds is 5. The van der Waals surface area contributed by atoms with Crippen LogP contribution in [0.1, 0.15) is 0 Å². The molecule has 1 saturated heterocycles. The summed E-state index contributed by atoms with van der Waals surface area (Å²) in [7, 11) is 0. The van der Waals surface area contributed by atoms with Gasteiger partial charge < -0.3 is 39.7 Å². The first-order valence-corrected chi connectivity index (χ1v) is 7.01. The van der Waals surface area contributed by atoms with Crippen LogP contribution in [0, 0.1) is 0 Å². The van der Waals surface area contributed by atoms with Crippen LogP contribution in [0.3, 0.4) is 0 Å². The summed E-state index contributed by atoms with van der Waals surface area (Å²) < 4.78 is 15.2. The van der Waals surface area contributed by atoms with Crippen LogP contribution in [0.2, 0.25) is 0 Å². The minimum absolute atomic E-state index is 0.0403. The Morgan fingerprint density at radius 1 is 1.25 bits per heavy atom. The van der Waals surface area contributed by atoms with Gasteiger partial charge in [0.25, 0.3) is 0 Å². The molecule has 1 aromatic rings. The van der Waals surface area contributed by atoms with Gasteiger partial charge in [-0.2, -0.15) is 0 Å². The number of phenols is 1. The van der Waals surface area contributed by atoms with Crippen molar-refractivity contribution < 1.29 is 44.5 Å². The van der Waals surface area contributed by atoms with E-state index in [1.807, 2.05) is 0 Å². The van der Waals surface area contributed by atoms with E-state index in [-0.39, 0.29) is 11.5 Å². The molecule has 1 aromatic carbocycles. The summed E-state index contributed by atoms with van der Waals surface area (Å²) in [4.78, 5) is 11.1. The van der Waals surface area contributed by atoms with Crippen molar-refractivity contribution in [2.24, 2.45) is 0 Å². The molecule has 0 radical (unpaired) electrons. The molecular weight excluding hydrogens is 324 g/mol. The number of aliphatic hydroxyl groups is 4. The van der Waals surface area contributed by atoms with E-state index in [0.29, 0.717) is 0 Å². The number of phenolic OH excluding ortho intramolecular Hbond substituents is 1. The van der Waals surface area contributed by atoms with Crippen molar-refractivity contribution in [2.45, 2.75) is 30.7 Å². The van der Waals surface area contributed by atoms with Crippen molar-refractivity contribution in [3.8, 4) is 17.2 Å². The highest BCUT2D eigenvalue weighted by molar-refractivity contribution is 5.83. The zero-order valence-electron chi connectivity index (χ0n) is 12.5. The number of aliphatic hydroxyl groups excluding tert-OH is 4. The van der Waals surface area contributed by atoms with Gasteiger partial charge in [0.05, 0.1) is 6.61 Å². The smallest absolute Gasteiger partial charge is 0.335 e. The van der Waals surface area contributed by atoms with Crippen molar-refractivity contribution in [3.05, 3.63) is 30.9 Å². The van der Waals surface area contributed by atoms with E-state index >= 15 is 0 Å². The number of ether oxygens (including phenoxy) is 3.